The summed E-state index contributed by atoms with van der Waals surface area (Å²) in [7, 11) is 2.02. The molecule has 0 saturated carbocycles. The first-order valence-corrected chi connectivity index (χ1v) is 6.67. The topological polar surface area (TPSA) is 42.1 Å². The van der Waals surface area contributed by atoms with Gasteiger partial charge in [0, 0.05) is 31.5 Å². The summed E-state index contributed by atoms with van der Waals surface area (Å²) in [6.45, 7) is 3.30. The van der Waals surface area contributed by atoms with Crippen molar-refractivity contribution in [2.45, 2.75) is 19.5 Å². The van der Waals surface area contributed by atoms with E-state index in [0.29, 0.717) is 6.54 Å². The van der Waals surface area contributed by atoms with E-state index in [4.69, 9.17) is 5.73 Å². The molecule has 1 aromatic carbocycles. The number of pyridine rings is 1. The Morgan fingerprint density at radius 2 is 1.95 bits per heavy atom. The first-order chi connectivity index (χ1) is 9.61. The SMILES string of the molecule is Cc1ccncc1C(CN)N(C)Cc1ccc(F)cc1. The zero-order valence-corrected chi connectivity index (χ0v) is 11.9. The van der Waals surface area contributed by atoms with Crippen molar-refractivity contribution in [2.75, 3.05) is 13.6 Å². The highest BCUT2D eigenvalue weighted by molar-refractivity contribution is 5.26. The normalized spacial score (nSPS) is 12.7. The maximum Gasteiger partial charge on any atom is 0.123 e. The lowest BCUT2D eigenvalue weighted by molar-refractivity contribution is 0.240. The van der Waals surface area contributed by atoms with Gasteiger partial charge in [-0.05, 0) is 48.9 Å². The smallest absolute Gasteiger partial charge is 0.123 e. The highest BCUT2D eigenvalue weighted by Gasteiger charge is 2.17. The lowest BCUT2D eigenvalue weighted by atomic mass is 10.0. The first-order valence-electron chi connectivity index (χ1n) is 6.67. The molecule has 2 aromatic rings. The summed E-state index contributed by atoms with van der Waals surface area (Å²) in [5, 5.41) is 0. The monoisotopic (exact) mass is 273 g/mol. The molecule has 2 rings (SSSR count). The summed E-state index contributed by atoms with van der Waals surface area (Å²) in [6.07, 6.45) is 3.65. The van der Waals surface area contributed by atoms with Gasteiger partial charge in [0.05, 0.1) is 0 Å². The molecule has 3 nitrogen and oxygen atoms in total. The molecule has 20 heavy (non-hydrogen) atoms. The molecule has 1 unspecified atom stereocenters. The Labute approximate surface area is 119 Å². The zero-order valence-electron chi connectivity index (χ0n) is 11.9. The van der Waals surface area contributed by atoms with Gasteiger partial charge in [0.25, 0.3) is 0 Å². The van der Waals surface area contributed by atoms with E-state index in [-0.39, 0.29) is 11.9 Å². The van der Waals surface area contributed by atoms with Crippen molar-refractivity contribution in [2.24, 2.45) is 5.73 Å². The van der Waals surface area contributed by atoms with Crippen LogP contribution in [0.25, 0.3) is 0 Å². The minimum Gasteiger partial charge on any atom is -0.329 e. The number of rotatable bonds is 5. The van der Waals surface area contributed by atoms with Crippen LogP contribution in [0.4, 0.5) is 4.39 Å². The Hall–Kier alpha value is -1.78. The Kier molecular flexibility index (Phi) is 4.82. The Morgan fingerprint density at radius 3 is 2.55 bits per heavy atom. The predicted octanol–water partition coefficient (Wildman–Crippen LogP) is 2.66. The van der Waals surface area contributed by atoms with E-state index in [1.54, 1.807) is 18.3 Å². The van der Waals surface area contributed by atoms with Crippen LogP contribution in [0, 0.1) is 12.7 Å². The molecule has 0 aliphatic carbocycles. The number of aromatic nitrogens is 1. The van der Waals surface area contributed by atoms with Gasteiger partial charge in [0.1, 0.15) is 5.82 Å². The summed E-state index contributed by atoms with van der Waals surface area (Å²) in [6, 6.07) is 8.66. The minimum atomic E-state index is -0.213. The summed E-state index contributed by atoms with van der Waals surface area (Å²) in [4.78, 5) is 6.35. The molecule has 0 bridgehead atoms. The van der Waals surface area contributed by atoms with Crippen molar-refractivity contribution in [3.63, 3.8) is 0 Å². The van der Waals surface area contributed by atoms with Gasteiger partial charge in [-0.1, -0.05) is 12.1 Å². The van der Waals surface area contributed by atoms with Crippen LogP contribution in [0.1, 0.15) is 22.7 Å². The number of nitrogens with zero attached hydrogens (tertiary/aromatic N) is 2. The molecular formula is C16H20FN3. The number of hydrogen-bond donors (Lipinski definition) is 1. The maximum absolute atomic E-state index is 12.9. The lowest BCUT2D eigenvalue weighted by Gasteiger charge is -2.28. The first kappa shape index (κ1) is 14.6. The molecule has 1 atom stereocenters. The summed E-state index contributed by atoms with van der Waals surface area (Å²) >= 11 is 0. The van der Waals surface area contributed by atoms with Crippen molar-refractivity contribution in [1.29, 1.82) is 0 Å². The van der Waals surface area contributed by atoms with Gasteiger partial charge >= 0.3 is 0 Å². The largest absolute Gasteiger partial charge is 0.329 e. The van der Waals surface area contributed by atoms with Gasteiger partial charge in [-0.15, -0.1) is 0 Å². The number of benzene rings is 1. The molecule has 1 aromatic heterocycles. The Bertz CT molecular complexity index is 554. The molecule has 1 heterocycles. The molecular weight excluding hydrogens is 253 g/mol. The number of hydrogen-bond acceptors (Lipinski definition) is 3. The van der Waals surface area contributed by atoms with E-state index in [0.717, 1.165) is 17.7 Å². The van der Waals surface area contributed by atoms with Crippen molar-refractivity contribution < 1.29 is 4.39 Å². The summed E-state index contributed by atoms with van der Waals surface area (Å²) in [5.41, 5.74) is 9.31. The highest BCUT2D eigenvalue weighted by atomic mass is 19.1. The van der Waals surface area contributed by atoms with Crippen molar-refractivity contribution in [3.05, 3.63) is 65.2 Å². The number of likely N-dealkylation sites (N-methyl/N-ethyl adjacent to an activating group) is 1. The fourth-order valence-electron chi connectivity index (χ4n) is 2.36. The maximum atomic E-state index is 12.9. The lowest BCUT2D eigenvalue weighted by Crippen LogP contribution is -2.30. The Morgan fingerprint density at radius 1 is 1.25 bits per heavy atom. The molecule has 106 valence electrons. The minimum absolute atomic E-state index is 0.105. The predicted molar refractivity (Wildman–Crippen MR) is 78.6 cm³/mol. The quantitative estimate of drug-likeness (QED) is 0.910. The van der Waals surface area contributed by atoms with Crippen LogP contribution in [-0.4, -0.2) is 23.5 Å². The third-order valence-electron chi connectivity index (χ3n) is 3.54. The molecule has 2 N–H and O–H groups in total. The second-order valence-electron chi connectivity index (χ2n) is 5.03. The van der Waals surface area contributed by atoms with E-state index in [1.807, 2.05) is 19.3 Å². The van der Waals surface area contributed by atoms with Crippen molar-refractivity contribution in [3.8, 4) is 0 Å². The average Bonchev–Trinajstić information content (AvgIpc) is 2.44. The molecule has 4 heteroatoms. The molecule has 0 aliphatic heterocycles. The molecule has 0 radical (unpaired) electrons. The fraction of sp³-hybridized carbons (Fsp3) is 0.312. The van der Waals surface area contributed by atoms with Crippen LogP contribution in [0.2, 0.25) is 0 Å². The second-order valence-corrected chi connectivity index (χ2v) is 5.03. The molecule has 0 spiro atoms. The zero-order chi connectivity index (χ0) is 14.5. The standard InChI is InChI=1S/C16H20FN3/c1-12-7-8-19-10-15(12)16(9-18)20(2)11-13-3-5-14(17)6-4-13/h3-8,10,16H,9,11,18H2,1-2H3. The highest BCUT2D eigenvalue weighted by Crippen LogP contribution is 2.22. The second kappa shape index (κ2) is 6.59. The third-order valence-corrected chi connectivity index (χ3v) is 3.54. The number of aryl methyl sites for hydroxylation is 1. The van der Waals surface area contributed by atoms with Crippen molar-refractivity contribution >= 4 is 0 Å². The van der Waals surface area contributed by atoms with Gasteiger partial charge < -0.3 is 5.73 Å². The molecule has 0 fully saturated rings. The van der Waals surface area contributed by atoms with Crippen LogP contribution in [0.3, 0.4) is 0 Å². The van der Waals surface area contributed by atoms with E-state index in [2.05, 4.69) is 16.8 Å². The Balaban J connectivity index is 2.15. The molecule has 0 saturated heterocycles. The van der Waals surface area contributed by atoms with E-state index in [1.165, 1.54) is 17.7 Å². The van der Waals surface area contributed by atoms with Gasteiger partial charge in [-0.2, -0.15) is 0 Å². The van der Waals surface area contributed by atoms with Gasteiger partial charge in [-0.25, -0.2) is 4.39 Å². The molecule has 0 aliphatic rings. The van der Waals surface area contributed by atoms with Crippen LogP contribution in [0.15, 0.2) is 42.7 Å². The summed E-state index contributed by atoms with van der Waals surface area (Å²) in [5.74, 6) is -0.213. The summed E-state index contributed by atoms with van der Waals surface area (Å²) < 4.78 is 12.9. The van der Waals surface area contributed by atoms with E-state index in [9.17, 15) is 4.39 Å². The molecule has 0 amide bonds. The van der Waals surface area contributed by atoms with Gasteiger partial charge in [0.2, 0.25) is 0 Å². The van der Waals surface area contributed by atoms with Gasteiger partial charge in [-0.3, -0.25) is 9.88 Å². The van der Waals surface area contributed by atoms with Gasteiger partial charge in [0.15, 0.2) is 0 Å². The van der Waals surface area contributed by atoms with Crippen LogP contribution >= 0.6 is 0 Å². The fourth-order valence-corrected chi connectivity index (χ4v) is 2.36. The third kappa shape index (κ3) is 3.40. The van der Waals surface area contributed by atoms with E-state index >= 15 is 0 Å². The number of nitrogens with two attached hydrogens (primary N) is 1. The number of halogens is 1. The van der Waals surface area contributed by atoms with Crippen LogP contribution < -0.4 is 5.73 Å². The van der Waals surface area contributed by atoms with Crippen LogP contribution in [-0.2, 0) is 6.54 Å². The van der Waals surface area contributed by atoms with E-state index < -0.39 is 0 Å². The van der Waals surface area contributed by atoms with Crippen LogP contribution in [0.5, 0.6) is 0 Å². The van der Waals surface area contributed by atoms with Crippen molar-refractivity contribution in [1.82, 2.24) is 9.88 Å². The average molecular weight is 273 g/mol.